The molecule has 3 heteroatoms. The normalized spacial score (nSPS) is 12.0. The number of methoxy groups -OCH3 is 1. The molecular formula is C16H18FNO. The van der Waals surface area contributed by atoms with Crippen molar-refractivity contribution in [3.63, 3.8) is 0 Å². The molecular weight excluding hydrogens is 241 g/mol. The Morgan fingerprint density at radius 2 is 1.79 bits per heavy atom. The van der Waals surface area contributed by atoms with Crippen molar-refractivity contribution in [3.05, 3.63) is 59.4 Å². The van der Waals surface area contributed by atoms with Gasteiger partial charge in [-0.25, -0.2) is 4.39 Å². The van der Waals surface area contributed by atoms with Crippen LogP contribution < -0.4 is 10.1 Å². The van der Waals surface area contributed by atoms with Gasteiger partial charge in [-0.2, -0.15) is 0 Å². The van der Waals surface area contributed by atoms with E-state index in [1.807, 2.05) is 13.0 Å². The van der Waals surface area contributed by atoms with E-state index < -0.39 is 0 Å². The van der Waals surface area contributed by atoms with E-state index in [0.717, 1.165) is 5.69 Å². The second-order valence-electron chi connectivity index (χ2n) is 4.63. The van der Waals surface area contributed by atoms with Gasteiger partial charge in [0, 0.05) is 17.8 Å². The molecule has 0 aromatic heterocycles. The smallest absolute Gasteiger partial charge is 0.167 e. The summed E-state index contributed by atoms with van der Waals surface area (Å²) in [6, 6.07) is 13.3. The van der Waals surface area contributed by atoms with Crippen LogP contribution in [-0.4, -0.2) is 7.11 Å². The summed E-state index contributed by atoms with van der Waals surface area (Å²) >= 11 is 0. The lowest BCUT2D eigenvalue weighted by molar-refractivity contribution is 0.386. The van der Waals surface area contributed by atoms with Crippen LogP contribution in [0.1, 0.15) is 24.1 Å². The molecule has 2 aromatic carbocycles. The van der Waals surface area contributed by atoms with Crippen LogP contribution in [0.4, 0.5) is 10.1 Å². The van der Waals surface area contributed by atoms with Crippen LogP contribution in [-0.2, 0) is 0 Å². The van der Waals surface area contributed by atoms with E-state index in [1.165, 1.54) is 24.3 Å². The first-order valence-corrected chi connectivity index (χ1v) is 6.27. The lowest BCUT2D eigenvalue weighted by Gasteiger charge is -2.16. The summed E-state index contributed by atoms with van der Waals surface area (Å²) < 4.78 is 18.5. The summed E-state index contributed by atoms with van der Waals surface area (Å²) in [4.78, 5) is 0. The van der Waals surface area contributed by atoms with Gasteiger partial charge in [0.05, 0.1) is 7.11 Å². The second-order valence-corrected chi connectivity index (χ2v) is 4.63. The molecule has 0 fully saturated rings. The monoisotopic (exact) mass is 259 g/mol. The average Bonchev–Trinajstić information content (AvgIpc) is 2.39. The van der Waals surface area contributed by atoms with Gasteiger partial charge in [0.2, 0.25) is 0 Å². The Morgan fingerprint density at radius 3 is 2.37 bits per heavy atom. The average molecular weight is 259 g/mol. The molecule has 1 unspecified atom stereocenters. The molecule has 0 amide bonds. The first kappa shape index (κ1) is 13.4. The van der Waals surface area contributed by atoms with E-state index in [2.05, 4.69) is 36.5 Å². The van der Waals surface area contributed by atoms with E-state index in [4.69, 9.17) is 4.74 Å². The molecule has 0 radical (unpaired) electrons. The number of anilines is 1. The largest absolute Gasteiger partial charge is 0.494 e. The molecule has 0 heterocycles. The molecule has 2 rings (SSSR count). The Bertz CT molecular complexity index is 551. The highest BCUT2D eigenvalue weighted by Gasteiger charge is 2.07. The summed E-state index contributed by atoms with van der Waals surface area (Å²) in [5, 5.41) is 3.27. The molecule has 1 atom stereocenters. The fourth-order valence-electron chi connectivity index (χ4n) is 1.94. The molecule has 0 aliphatic rings. The van der Waals surface area contributed by atoms with Crippen molar-refractivity contribution < 1.29 is 9.13 Å². The van der Waals surface area contributed by atoms with E-state index >= 15 is 0 Å². The molecule has 2 nitrogen and oxygen atoms in total. The topological polar surface area (TPSA) is 21.3 Å². The molecule has 0 bridgehead atoms. The Labute approximate surface area is 113 Å². The first-order valence-electron chi connectivity index (χ1n) is 6.27. The van der Waals surface area contributed by atoms with Crippen molar-refractivity contribution in [3.8, 4) is 5.75 Å². The maximum Gasteiger partial charge on any atom is 0.167 e. The van der Waals surface area contributed by atoms with Crippen molar-refractivity contribution >= 4 is 5.69 Å². The van der Waals surface area contributed by atoms with Gasteiger partial charge >= 0.3 is 0 Å². The SMILES string of the molecule is COc1ccc(NC(C)c2ccc(C)cc2)cc1F. The minimum Gasteiger partial charge on any atom is -0.494 e. The summed E-state index contributed by atoms with van der Waals surface area (Å²) in [6.07, 6.45) is 0. The van der Waals surface area contributed by atoms with Crippen LogP contribution in [0.5, 0.6) is 5.75 Å². The van der Waals surface area contributed by atoms with Crippen LogP contribution in [0.15, 0.2) is 42.5 Å². The maximum absolute atomic E-state index is 13.6. The van der Waals surface area contributed by atoms with Crippen molar-refractivity contribution in [1.29, 1.82) is 0 Å². The van der Waals surface area contributed by atoms with Gasteiger partial charge in [0.15, 0.2) is 11.6 Å². The van der Waals surface area contributed by atoms with Crippen LogP contribution in [0.3, 0.4) is 0 Å². The van der Waals surface area contributed by atoms with E-state index in [-0.39, 0.29) is 17.6 Å². The third-order valence-corrected chi connectivity index (χ3v) is 3.11. The minimum absolute atomic E-state index is 0.119. The van der Waals surface area contributed by atoms with Gasteiger partial charge in [-0.1, -0.05) is 29.8 Å². The molecule has 0 spiro atoms. The zero-order chi connectivity index (χ0) is 13.8. The molecule has 0 aliphatic heterocycles. The summed E-state index contributed by atoms with van der Waals surface area (Å²) in [7, 11) is 1.46. The molecule has 0 aliphatic carbocycles. The van der Waals surface area contributed by atoms with Crippen molar-refractivity contribution in [2.75, 3.05) is 12.4 Å². The van der Waals surface area contributed by atoms with Crippen molar-refractivity contribution in [1.82, 2.24) is 0 Å². The fourth-order valence-corrected chi connectivity index (χ4v) is 1.94. The number of rotatable bonds is 4. The third-order valence-electron chi connectivity index (χ3n) is 3.11. The third kappa shape index (κ3) is 3.25. The predicted molar refractivity (Wildman–Crippen MR) is 76.2 cm³/mol. The Hall–Kier alpha value is -2.03. The van der Waals surface area contributed by atoms with E-state index in [9.17, 15) is 4.39 Å². The summed E-state index contributed by atoms with van der Waals surface area (Å²) in [5.41, 5.74) is 3.14. The molecule has 100 valence electrons. The van der Waals surface area contributed by atoms with E-state index in [1.54, 1.807) is 6.07 Å². The molecule has 19 heavy (non-hydrogen) atoms. The van der Waals surface area contributed by atoms with Gasteiger partial charge in [0.25, 0.3) is 0 Å². The molecule has 0 saturated heterocycles. The van der Waals surface area contributed by atoms with Gasteiger partial charge in [-0.3, -0.25) is 0 Å². The Morgan fingerprint density at radius 1 is 1.11 bits per heavy atom. The van der Waals surface area contributed by atoms with Crippen LogP contribution in [0, 0.1) is 12.7 Å². The number of benzene rings is 2. The molecule has 1 N–H and O–H groups in total. The first-order chi connectivity index (χ1) is 9.10. The maximum atomic E-state index is 13.6. The highest BCUT2D eigenvalue weighted by Crippen LogP contribution is 2.24. The Balaban J connectivity index is 2.12. The zero-order valence-corrected chi connectivity index (χ0v) is 11.4. The lowest BCUT2D eigenvalue weighted by atomic mass is 10.1. The highest BCUT2D eigenvalue weighted by atomic mass is 19.1. The second kappa shape index (κ2) is 5.74. The minimum atomic E-state index is -0.358. The van der Waals surface area contributed by atoms with Crippen LogP contribution in [0.25, 0.3) is 0 Å². The number of hydrogen-bond acceptors (Lipinski definition) is 2. The summed E-state index contributed by atoms with van der Waals surface area (Å²) in [5.74, 6) is -0.0999. The quantitative estimate of drug-likeness (QED) is 0.883. The standard InChI is InChI=1S/C16H18FNO/c1-11-4-6-13(7-5-11)12(2)18-14-8-9-16(19-3)15(17)10-14/h4-10,12,18H,1-3H3. The lowest BCUT2D eigenvalue weighted by Crippen LogP contribution is -2.06. The number of halogens is 1. The van der Waals surface area contributed by atoms with Crippen molar-refractivity contribution in [2.24, 2.45) is 0 Å². The fraction of sp³-hybridized carbons (Fsp3) is 0.250. The van der Waals surface area contributed by atoms with Crippen molar-refractivity contribution in [2.45, 2.75) is 19.9 Å². The van der Waals surface area contributed by atoms with Gasteiger partial charge in [-0.15, -0.1) is 0 Å². The number of hydrogen-bond donors (Lipinski definition) is 1. The zero-order valence-electron chi connectivity index (χ0n) is 11.4. The van der Waals surface area contributed by atoms with E-state index in [0.29, 0.717) is 0 Å². The number of aryl methyl sites for hydroxylation is 1. The highest BCUT2D eigenvalue weighted by molar-refractivity contribution is 5.49. The number of nitrogens with one attached hydrogen (secondary N) is 1. The van der Waals surface area contributed by atoms with Gasteiger partial charge < -0.3 is 10.1 Å². The number of ether oxygens (including phenoxy) is 1. The molecule has 0 saturated carbocycles. The summed E-state index contributed by atoms with van der Waals surface area (Å²) in [6.45, 7) is 4.10. The predicted octanol–water partition coefficient (Wildman–Crippen LogP) is 4.32. The van der Waals surface area contributed by atoms with Gasteiger partial charge in [-0.05, 0) is 31.5 Å². The molecule has 2 aromatic rings. The van der Waals surface area contributed by atoms with Gasteiger partial charge in [0.1, 0.15) is 0 Å². The van der Waals surface area contributed by atoms with Crippen LogP contribution >= 0.6 is 0 Å². The van der Waals surface area contributed by atoms with Crippen LogP contribution in [0.2, 0.25) is 0 Å². The Kier molecular flexibility index (Phi) is 4.05.